The summed E-state index contributed by atoms with van der Waals surface area (Å²) in [6.45, 7) is 0.450. The minimum atomic E-state index is -0.676. The maximum atomic E-state index is 12.3. The molecule has 1 aromatic carbocycles. The lowest BCUT2D eigenvalue weighted by atomic mass is 10.1. The number of nitrogens with zero attached hydrogens (tertiary/aromatic N) is 2. The van der Waals surface area contributed by atoms with Gasteiger partial charge >= 0.3 is 5.97 Å². The van der Waals surface area contributed by atoms with E-state index in [9.17, 15) is 19.2 Å². The van der Waals surface area contributed by atoms with Crippen molar-refractivity contribution in [2.45, 2.75) is 25.7 Å². The molecule has 0 bridgehead atoms. The molecule has 0 unspecified atom stereocenters. The Morgan fingerprint density at radius 2 is 1.71 bits per heavy atom. The number of rotatable bonds is 4. The lowest BCUT2D eigenvalue weighted by Crippen LogP contribution is -2.35. The minimum Gasteiger partial charge on any atom is -0.452 e. The van der Waals surface area contributed by atoms with Crippen LogP contribution in [0.4, 0.5) is 5.69 Å². The first-order valence-corrected chi connectivity index (χ1v) is 7.97. The zero-order valence-corrected chi connectivity index (χ0v) is 13.2. The van der Waals surface area contributed by atoms with E-state index in [0.717, 1.165) is 11.3 Å². The third-order valence-electron chi connectivity index (χ3n) is 4.19. The van der Waals surface area contributed by atoms with Gasteiger partial charge in [0, 0.05) is 25.9 Å². The van der Waals surface area contributed by atoms with Crippen LogP contribution in [-0.4, -0.2) is 48.3 Å². The van der Waals surface area contributed by atoms with Crippen LogP contribution in [0.3, 0.4) is 0 Å². The summed E-state index contributed by atoms with van der Waals surface area (Å²) in [4.78, 5) is 50.4. The molecule has 0 N–H and O–H groups in total. The number of likely N-dealkylation sites (tertiary alicyclic amines) is 1. The molecule has 2 heterocycles. The Kier molecular flexibility index (Phi) is 4.59. The topological polar surface area (TPSA) is 84.0 Å². The average molecular weight is 330 g/mol. The molecule has 126 valence electrons. The highest BCUT2D eigenvalue weighted by atomic mass is 16.5. The van der Waals surface area contributed by atoms with Gasteiger partial charge in [-0.2, -0.15) is 0 Å². The van der Waals surface area contributed by atoms with Crippen molar-refractivity contribution in [1.82, 2.24) is 4.90 Å². The number of anilines is 1. The highest BCUT2D eigenvalue weighted by molar-refractivity contribution is 6.04. The molecule has 3 rings (SSSR count). The maximum Gasteiger partial charge on any atom is 0.340 e. The molecule has 0 radical (unpaired) electrons. The highest BCUT2D eigenvalue weighted by Crippen LogP contribution is 2.26. The lowest BCUT2D eigenvalue weighted by Gasteiger charge is -2.19. The van der Waals surface area contributed by atoms with E-state index >= 15 is 0 Å². The van der Waals surface area contributed by atoms with Gasteiger partial charge in [0.1, 0.15) is 0 Å². The Hall–Kier alpha value is -2.70. The van der Waals surface area contributed by atoms with E-state index in [1.54, 1.807) is 29.2 Å². The fourth-order valence-electron chi connectivity index (χ4n) is 2.98. The summed E-state index contributed by atoms with van der Waals surface area (Å²) in [5.74, 6) is -1.46. The first kappa shape index (κ1) is 16.2. The van der Waals surface area contributed by atoms with Crippen LogP contribution in [0.1, 0.15) is 36.0 Å². The summed E-state index contributed by atoms with van der Waals surface area (Å²) in [7, 11) is 0. The number of ether oxygens (including phenoxy) is 1. The summed E-state index contributed by atoms with van der Waals surface area (Å²) in [5.41, 5.74) is 0.739. The Labute approximate surface area is 139 Å². The van der Waals surface area contributed by atoms with Crippen LogP contribution in [0.2, 0.25) is 0 Å². The fourth-order valence-corrected chi connectivity index (χ4v) is 2.98. The van der Waals surface area contributed by atoms with E-state index < -0.39 is 18.5 Å². The molecule has 0 saturated carbocycles. The molecule has 0 aliphatic carbocycles. The Balaban J connectivity index is 1.68. The van der Waals surface area contributed by atoms with Crippen LogP contribution in [0, 0.1) is 0 Å². The third-order valence-corrected chi connectivity index (χ3v) is 4.19. The van der Waals surface area contributed by atoms with Gasteiger partial charge in [-0.05, 0) is 25.0 Å². The number of benzene rings is 1. The quantitative estimate of drug-likeness (QED) is 0.773. The van der Waals surface area contributed by atoms with Gasteiger partial charge < -0.3 is 9.64 Å². The number of amides is 3. The molecule has 0 spiro atoms. The second-order valence-electron chi connectivity index (χ2n) is 5.78. The fraction of sp³-hybridized carbons (Fsp3) is 0.412. The summed E-state index contributed by atoms with van der Waals surface area (Å²) >= 11 is 0. The van der Waals surface area contributed by atoms with Crippen LogP contribution < -0.4 is 4.90 Å². The highest BCUT2D eigenvalue weighted by Gasteiger charge is 2.29. The van der Waals surface area contributed by atoms with Gasteiger partial charge in [0.15, 0.2) is 6.61 Å². The van der Waals surface area contributed by atoms with Crippen LogP contribution in [0.5, 0.6) is 0 Å². The molecule has 7 nitrogen and oxygen atoms in total. The van der Waals surface area contributed by atoms with E-state index in [2.05, 4.69) is 0 Å². The predicted molar refractivity (Wildman–Crippen MR) is 84.3 cm³/mol. The summed E-state index contributed by atoms with van der Waals surface area (Å²) in [5, 5.41) is 0. The van der Waals surface area contributed by atoms with Crippen LogP contribution >= 0.6 is 0 Å². The van der Waals surface area contributed by atoms with Gasteiger partial charge in [-0.3, -0.25) is 19.3 Å². The number of hydrogen-bond acceptors (Lipinski definition) is 5. The zero-order valence-electron chi connectivity index (χ0n) is 13.2. The second-order valence-corrected chi connectivity index (χ2v) is 5.78. The number of imide groups is 1. The number of carbonyl (C=O) groups excluding carboxylic acids is 4. The number of esters is 1. The van der Waals surface area contributed by atoms with E-state index in [-0.39, 0.29) is 17.4 Å². The standard InChI is InChI=1S/C17H18N2O5/c20-14-7-3-9-18(14)13-6-2-1-5-12(13)17(23)24-11-16(22)19-10-4-8-15(19)21/h1-2,5-6H,3-4,7-11H2. The van der Waals surface area contributed by atoms with E-state index in [0.29, 0.717) is 38.0 Å². The number of para-hydroxylation sites is 1. The second kappa shape index (κ2) is 6.82. The minimum absolute atomic E-state index is 0.0333. The molecule has 2 fully saturated rings. The number of carbonyl (C=O) groups is 4. The molecule has 2 saturated heterocycles. The summed E-state index contributed by atoms with van der Waals surface area (Å²) in [6.07, 6.45) is 2.19. The van der Waals surface area contributed by atoms with E-state index in [1.807, 2.05) is 0 Å². The van der Waals surface area contributed by atoms with Crippen molar-refractivity contribution in [2.75, 3.05) is 24.6 Å². The monoisotopic (exact) mass is 330 g/mol. The van der Waals surface area contributed by atoms with Crippen molar-refractivity contribution in [1.29, 1.82) is 0 Å². The molecule has 24 heavy (non-hydrogen) atoms. The molecule has 2 aliphatic rings. The molecular weight excluding hydrogens is 312 g/mol. The third kappa shape index (κ3) is 3.15. The summed E-state index contributed by atoms with van der Waals surface area (Å²) in [6, 6.07) is 6.67. The first-order valence-electron chi connectivity index (χ1n) is 7.97. The number of hydrogen-bond donors (Lipinski definition) is 0. The van der Waals surface area contributed by atoms with Gasteiger partial charge in [-0.25, -0.2) is 4.79 Å². The molecular formula is C17H18N2O5. The Morgan fingerprint density at radius 1 is 1.00 bits per heavy atom. The Morgan fingerprint density at radius 3 is 2.38 bits per heavy atom. The van der Waals surface area contributed by atoms with Gasteiger partial charge in [0.05, 0.1) is 11.3 Å². The largest absolute Gasteiger partial charge is 0.452 e. The lowest BCUT2D eigenvalue weighted by molar-refractivity contribution is -0.143. The van der Waals surface area contributed by atoms with Gasteiger partial charge in [0.25, 0.3) is 5.91 Å². The van der Waals surface area contributed by atoms with Gasteiger partial charge in [0.2, 0.25) is 11.8 Å². The molecule has 7 heteroatoms. The van der Waals surface area contributed by atoms with Crippen LogP contribution in [-0.2, 0) is 19.1 Å². The van der Waals surface area contributed by atoms with Crippen molar-refractivity contribution in [3.05, 3.63) is 29.8 Å². The van der Waals surface area contributed by atoms with Crippen molar-refractivity contribution >= 4 is 29.4 Å². The molecule has 2 aliphatic heterocycles. The van der Waals surface area contributed by atoms with Crippen LogP contribution in [0.25, 0.3) is 0 Å². The van der Waals surface area contributed by atoms with Crippen molar-refractivity contribution in [3.8, 4) is 0 Å². The summed E-state index contributed by atoms with van der Waals surface area (Å²) < 4.78 is 5.07. The molecule has 3 amide bonds. The van der Waals surface area contributed by atoms with Gasteiger partial charge in [-0.15, -0.1) is 0 Å². The zero-order chi connectivity index (χ0) is 17.1. The molecule has 0 aromatic heterocycles. The van der Waals surface area contributed by atoms with Crippen LogP contribution in [0.15, 0.2) is 24.3 Å². The normalized spacial score (nSPS) is 17.5. The predicted octanol–water partition coefficient (Wildman–Crippen LogP) is 1.12. The maximum absolute atomic E-state index is 12.3. The van der Waals surface area contributed by atoms with E-state index in [1.165, 1.54) is 0 Å². The van der Waals surface area contributed by atoms with E-state index in [4.69, 9.17) is 4.74 Å². The average Bonchev–Trinajstić information content (AvgIpc) is 3.20. The van der Waals surface area contributed by atoms with Crippen molar-refractivity contribution in [3.63, 3.8) is 0 Å². The van der Waals surface area contributed by atoms with Crippen molar-refractivity contribution in [2.24, 2.45) is 0 Å². The molecule has 1 aromatic rings. The van der Waals surface area contributed by atoms with Gasteiger partial charge in [-0.1, -0.05) is 12.1 Å². The smallest absolute Gasteiger partial charge is 0.340 e. The first-order chi connectivity index (χ1) is 11.6. The Bertz CT molecular complexity index is 700. The van der Waals surface area contributed by atoms with Crippen molar-refractivity contribution < 1.29 is 23.9 Å². The SMILES string of the molecule is O=C(OCC(=O)N1CCCC1=O)c1ccccc1N1CCCC1=O. The molecule has 0 atom stereocenters.